The van der Waals surface area contributed by atoms with Gasteiger partial charge in [0.25, 0.3) is 0 Å². The first kappa shape index (κ1) is 13.5. The zero-order chi connectivity index (χ0) is 13.7. The summed E-state index contributed by atoms with van der Waals surface area (Å²) in [5, 5.41) is 2.70. The van der Waals surface area contributed by atoms with E-state index in [4.69, 9.17) is 0 Å². The van der Waals surface area contributed by atoms with E-state index in [1.54, 1.807) is 29.3 Å². The van der Waals surface area contributed by atoms with Crippen molar-refractivity contribution in [3.8, 4) is 0 Å². The molecule has 19 heavy (non-hydrogen) atoms. The highest BCUT2D eigenvalue weighted by molar-refractivity contribution is 5.76. The van der Waals surface area contributed by atoms with Gasteiger partial charge in [0.1, 0.15) is 5.82 Å². The summed E-state index contributed by atoms with van der Waals surface area (Å²) >= 11 is 0. The Balaban J connectivity index is 1.83. The molecule has 0 atom stereocenters. The molecule has 1 aromatic rings. The highest BCUT2D eigenvalue weighted by Gasteiger charge is 2.17. The number of hydrogen-bond donors (Lipinski definition) is 1. The number of rotatable bonds is 2. The molecule has 1 aliphatic heterocycles. The normalized spacial score (nSPS) is 16.8. The summed E-state index contributed by atoms with van der Waals surface area (Å²) in [6.07, 6.45) is 3.23. The fourth-order valence-corrected chi connectivity index (χ4v) is 1.92. The van der Waals surface area contributed by atoms with Gasteiger partial charge in [-0.05, 0) is 30.8 Å². The average molecular weight is 263 g/mol. The lowest BCUT2D eigenvalue weighted by molar-refractivity contribution is 0.157. The van der Waals surface area contributed by atoms with Gasteiger partial charge < -0.3 is 15.1 Å². The van der Waals surface area contributed by atoms with Gasteiger partial charge in [0.2, 0.25) is 0 Å². The summed E-state index contributed by atoms with van der Waals surface area (Å²) in [5.41, 5.74) is 0.721. The molecular formula is C14H18FN3O. The fourth-order valence-electron chi connectivity index (χ4n) is 1.92. The highest BCUT2D eigenvalue weighted by atomic mass is 19.1. The summed E-state index contributed by atoms with van der Waals surface area (Å²) in [6.45, 7) is 3.24. The Morgan fingerprint density at radius 1 is 1.32 bits per heavy atom. The van der Waals surface area contributed by atoms with Crippen molar-refractivity contribution >= 4 is 12.1 Å². The minimum Gasteiger partial charge on any atom is -0.322 e. The number of piperazine rings is 1. The van der Waals surface area contributed by atoms with Crippen molar-refractivity contribution in [2.24, 2.45) is 0 Å². The molecule has 1 aliphatic rings. The average Bonchev–Trinajstić information content (AvgIpc) is 2.39. The Kier molecular flexibility index (Phi) is 4.52. The summed E-state index contributed by atoms with van der Waals surface area (Å²) in [4.78, 5) is 15.8. The maximum Gasteiger partial charge on any atom is 0.321 e. The minimum absolute atomic E-state index is 0.110. The second kappa shape index (κ2) is 6.33. The molecule has 5 heteroatoms. The molecule has 1 fully saturated rings. The van der Waals surface area contributed by atoms with Crippen LogP contribution in [0.15, 0.2) is 30.5 Å². The molecule has 0 bridgehead atoms. The van der Waals surface area contributed by atoms with Crippen molar-refractivity contribution in [3.63, 3.8) is 0 Å². The second-order valence-electron chi connectivity index (χ2n) is 4.63. The molecule has 102 valence electrons. The van der Waals surface area contributed by atoms with Crippen LogP contribution in [0.3, 0.4) is 0 Å². The van der Waals surface area contributed by atoms with Crippen LogP contribution in [0.1, 0.15) is 5.56 Å². The molecule has 0 aliphatic carbocycles. The van der Waals surface area contributed by atoms with Crippen molar-refractivity contribution in [1.82, 2.24) is 15.1 Å². The molecule has 1 heterocycles. The maximum absolute atomic E-state index is 12.9. The van der Waals surface area contributed by atoms with E-state index in [0.29, 0.717) is 0 Å². The van der Waals surface area contributed by atoms with E-state index in [2.05, 4.69) is 10.2 Å². The van der Waals surface area contributed by atoms with Crippen LogP contribution in [-0.2, 0) is 0 Å². The number of hydrogen-bond acceptors (Lipinski definition) is 2. The van der Waals surface area contributed by atoms with Crippen molar-refractivity contribution in [2.75, 3.05) is 33.2 Å². The van der Waals surface area contributed by atoms with Crippen LogP contribution >= 0.6 is 0 Å². The topological polar surface area (TPSA) is 35.6 Å². The molecule has 0 aromatic heterocycles. The molecule has 0 spiro atoms. The molecule has 2 amide bonds. The van der Waals surface area contributed by atoms with Gasteiger partial charge in [0, 0.05) is 32.4 Å². The number of carbonyl (C=O) groups excluding carboxylic acids is 1. The van der Waals surface area contributed by atoms with Crippen LogP contribution in [-0.4, -0.2) is 49.1 Å². The van der Waals surface area contributed by atoms with E-state index in [1.165, 1.54) is 12.1 Å². The SMILES string of the molecule is CN1CCN(C(=O)N/C=C/c2cccc(F)c2)CC1. The summed E-state index contributed by atoms with van der Waals surface area (Å²) < 4.78 is 12.9. The van der Waals surface area contributed by atoms with Gasteiger partial charge in [-0.15, -0.1) is 0 Å². The lowest BCUT2D eigenvalue weighted by Gasteiger charge is -2.31. The van der Waals surface area contributed by atoms with Gasteiger partial charge in [-0.3, -0.25) is 0 Å². The number of nitrogens with one attached hydrogen (secondary N) is 1. The summed E-state index contributed by atoms with van der Waals surface area (Å²) in [6, 6.07) is 6.11. The predicted octanol–water partition coefficient (Wildman–Crippen LogP) is 1.75. The molecule has 1 N–H and O–H groups in total. The zero-order valence-electron chi connectivity index (χ0n) is 11.0. The number of likely N-dealkylation sites (N-methyl/N-ethyl adjacent to an activating group) is 1. The quantitative estimate of drug-likeness (QED) is 0.882. The lowest BCUT2D eigenvalue weighted by atomic mass is 10.2. The van der Waals surface area contributed by atoms with Gasteiger partial charge >= 0.3 is 6.03 Å². The Hall–Kier alpha value is -1.88. The molecule has 2 rings (SSSR count). The monoisotopic (exact) mass is 263 g/mol. The number of halogens is 1. The number of benzene rings is 1. The molecule has 4 nitrogen and oxygen atoms in total. The standard InChI is InChI=1S/C14H18FN3O/c1-17-7-9-18(10-8-17)14(19)16-6-5-12-3-2-4-13(15)11-12/h2-6,11H,7-10H2,1H3,(H,16,19)/b6-5+. The van der Waals surface area contributed by atoms with E-state index in [0.717, 1.165) is 31.7 Å². The second-order valence-corrected chi connectivity index (χ2v) is 4.63. The van der Waals surface area contributed by atoms with Crippen LogP contribution in [0.5, 0.6) is 0 Å². The molecule has 1 aromatic carbocycles. The van der Waals surface area contributed by atoms with Crippen molar-refractivity contribution in [1.29, 1.82) is 0 Å². The molecule has 1 saturated heterocycles. The molecular weight excluding hydrogens is 245 g/mol. The Bertz CT molecular complexity index is 468. The molecule has 0 radical (unpaired) electrons. The third kappa shape index (κ3) is 4.06. The van der Waals surface area contributed by atoms with Crippen molar-refractivity contribution < 1.29 is 9.18 Å². The molecule has 0 saturated carbocycles. The third-order valence-corrected chi connectivity index (χ3v) is 3.12. The molecule has 0 unspecified atom stereocenters. The maximum atomic E-state index is 12.9. The van der Waals surface area contributed by atoms with Crippen LogP contribution in [0.2, 0.25) is 0 Å². The van der Waals surface area contributed by atoms with Crippen LogP contribution in [0, 0.1) is 5.82 Å². The largest absolute Gasteiger partial charge is 0.322 e. The van der Waals surface area contributed by atoms with Crippen LogP contribution in [0.4, 0.5) is 9.18 Å². The first-order valence-electron chi connectivity index (χ1n) is 6.31. The first-order chi connectivity index (χ1) is 9.15. The number of amides is 2. The Morgan fingerprint density at radius 2 is 2.05 bits per heavy atom. The van der Waals surface area contributed by atoms with E-state index < -0.39 is 0 Å². The van der Waals surface area contributed by atoms with Crippen molar-refractivity contribution in [2.45, 2.75) is 0 Å². The summed E-state index contributed by atoms with van der Waals surface area (Å²) in [5.74, 6) is -0.285. The van der Waals surface area contributed by atoms with E-state index in [1.807, 2.05) is 7.05 Å². The van der Waals surface area contributed by atoms with Crippen LogP contribution < -0.4 is 5.32 Å². The predicted molar refractivity (Wildman–Crippen MR) is 73.0 cm³/mol. The minimum atomic E-state index is -0.285. The van der Waals surface area contributed by atoms with Gasteiger partial charge in [0.05, 0.1) is 0 Å². The van der Waals surface area contributed by atoms with E-state index in [9.17, 15) is 9.18 Å². The van der Waals surface area contributed by atoms with E-state index in [-0.39, 0.29) is 11.8 Å². The van der Waals surface area contributed by atoms with Gasteiger partial charge in [0.15, 0.2) is 0 Å². The smallest absolute Gasteiger partial charge is 0.321 e. The highest BCUT2D eigenvalue weighted by Crippen LogP contribution is 2.05. The third-order valence-electron chi connectivity index (χ3n) is 3.12. The fraction of sp³-hybridized carbons (Fsp3) is 0.357. The number of carbonyl (C=O) groups is 1. The Morgan fingerprint density at radius 3 is 2.74 bits per heavy atom. The lowest BCUT2D eigenvalue weighted by Crippen LogP contribution is -2.49. The van der Waals surface area contributed by atoms with Crippen LogP contribution in [0.25, 0.3) is 6.08 Å². The summed E-state index contributed by atoms with van der Waals surface area (Å²) in [7, 11) is 2.04. The van der Waals surface area contributed by atoms with Crippen molar-refractivity contribution in [3.05, 3.63) is 41.8 Å². The van der Waals surface area contributed by atoms with Gasteiger partial charge in [-0.25, -0.2) is 9.18 Å². The Labute approximate surface area is 112 Å². The van der Waals surface area contributed by atoms with Gasteiger partial charge in [-0.2, -0.15) is 0 Å². The first-order valence-corrected chi connectivity index (χ1v) is 6.31. The number of nitrogens with zero attached hydrogens (tertiary/aromatic N) is 2. The van der Waals surface area contributed by atoms with E-state index >= 15 is 0 Å². The zero-order valence-corrected chi connectivity index (χ0v) is 11.0. The van der Waals surface area contributed by atoms with Gasteiger partial charge in [-0.1, -0.05) is 12.1 Å². The number of urea groups is 1.